The summed E-state index contributed by atoms with van der Waals surface area (Å²) in [5.74, 6) is -0.554. The van der Waals surface area contributed by atoms with Crippen LogP contribution in [0.4, 0.5) is 11.6 Å². The molecular weight excluding hydrogens is 634 g/mol. The molecule has 4 N–H and O–H groups in total. The minimum atomic E-state index is -0.619. The van der Waals surface area contributed by atoms with Crippen molar-refractivity contribution in [1.82, 2.24) is 40.3 Å². The second kappa shape index (κ2) is 14.3. The minimum Gasteiger partial charge on any atom is -0.352 e. The Balaban J connectivity index is 0.883. The molecule has 0 bridgehead atoms. The zero-order valence-corrected chi connectivity index (χ0v) is 27.9. The zero-order valence-electron chi connectivity index (χ0n) is 27.9. The van der Waals surface area contributed by atoms with E-state index >= 15 is 0 Å². The highest BCUT2D eigenvalue weighted by molar-refractivity contribution is 6.05. The molecule has 13 heteroatoms. The monoisotopic (exact) mass is 673 g/mol. The minimum absolute atomic E-state index is 0.139. The van der Waals surface area contributed by atoms with Crippen LogP contribution in [-0.4, -0.2) is 65.8 Å². The maximum atomic E-state index is 13.1. The summed E-state index contributed by atoms with van der Waals surface area (Å²) in [5.41, 5.74) is 6.44. The molecule has 0 aliphatic carbocycles. The Morgan fingerprint density at radius 2 is 1.88 bits per heavy atom. The molecule has 0 spiro atoms. The molecule has 7 rings (SSSR count). The molecule has 1 atom stereocenters. The van der Waals surface area contributed by atoms with Gasteiger partial charge >= 0.3 is 0 Å². The molecule has 13 nitrogen and oxygen atoms in total. The number of amides is 4. The standard InChI is InChI=1S/C37H39N9O4/c1-2-19-45-21-25(20-40-45)32-28-16-18-38-33(28)44-37(43-32)41-26-12-10-24(11-13-26)34(48)39-17-5-3-4-7-23-8-6-9-27-29(23)22-46(36(27)50)30-14-15-31(47)42-35(30)49/h6,8-13,16,18,20-21,30H,2-5,7,14-15,17,19,22H2,1H3,(H,39,48)(H,42,47,49)(H2,38,41,43,44). The van der Waals surface area contributed by atoms with Crippen LogP contribution >= 0.6 is 0 Å². The fraction of sp³-hybridized carbons (Fsp3) is 0.324. The van der Waals surface area contributed by atoms with Crippen LogP contribution in [0.2, 0.25) is 0 Å². The summed E-state index contributed by atoms with van der Waals surface area (Å²) < 4.78 is 1.91. The molecule has 3 aromatic heterocycles. The van der Waals surface area contributed by atoms with Crippen molar-refractivity contribution in [3.05, 3.63) is 89.4 Å². The number of carbonyl (C=O) groups excluding carboxylic acids is 4. The number of aromatic nitrogens is 5. The van der Waals surface area contributed by atoms with Gasteiger partial charge in [0.15, 0.2) is 0 Å². The average Bonchev–Trinajstić information content (AvgIpc) is 3.86. The molecular formula is C37H39N9O4. The van der Waals surface area contributed by atoms with Gasteiger partial charge in [-0.25, -0.2) is 4.98 Å². The number of H-pyrrole nitrogens is 1. The lowest BCUT2D eigenvalue weighted by molar-refractivity contribution is -0.136. The topological polar surface area (TPSA) is 167 Å². The van der Waals surface area contributed by atoms with Crippen LogP contribution in [0.25, 0.3) is 22.3 Å². The van der Waals surface area contributed by atoms with E-state index in [0.29, 0.717) is 36.6 Å². The third-order valence-electron chi connectivity index (χ3n) is 9.27. The van der Waals surface area contributed by atoms with Crippen LogP contribution in [0.15, 0.2) is 67.1 Å². The number of hydrogen-bond donors (Lipinski definition) is 4. The molecule has 0 radical (unpaired) electrons. The average molecular weight is 674 g/mol. The van der Waals surface area contributed by atoms with Gasteiger partial charge in [-0.05, 0) is 79.6 Å². The Kier molecular flexibility index (Phi) is 9.37. The molecule has 1 unspecified atom stereocenters. The lowest BCUT2D eigenvalue weighted by Gasteiger charge is -2.29. The molecule has 4 amide bonds. The molecule has 2 aliphatic rings. The van der Waals surface area contributed by atoms with Crippen LogP contribution in [0.5, 0.6) is 0 Å². The molecule has 256 valence electrons. The number of aromatic amines is 1. The predicted octanol–water partition coefficient (Wildman–Crippen LogP) is 4.88. The first-order valence-corrected chi connectivity index (χ1v) is 17.2. The number of carbonyl (C=O) groups is 4. The summed E-state index contributed by atoms with van der Waals surface area (Å²) in [4.78, 5) is 64.1. The van der Waals surface area contributed by atoms with E-state index in [-0.39, 0.29) is 24.1 Å². The Morgan fingerprint density at radius 1 is 1.02 bits per heavy atom. The van der Waals surface area contributed by atoms with E-state index in [1.54, 1.807) is 17.0 Å². The number of benzene rings is 2. The highest BCUT2D eigenvalue weighted by atomic mass is 16.2. The number of anilines is 2. The van der Waals surface area contributed by atoms with Gasteiger partial charge in [-0.3, -0.25) is 29.2 Å². The molecule has 0 saturated carbocycles. The van der Waals surface area contributed by atoms with E-state index in [1.807, 2.05) is 59.7 Å². The number of imide groups is 1. The van der Waals surface area contributed by atoms with Gasteiger partial charge in [0.05, 0.1) is 11.9 Å². The number of piperidine rings is 1. The van der Waals surface area contributed by atoms with E-state index in [0.717, 1.165) is 77.8 Å². The highest BCUT2D eigenvalue weighted by Gasteiger charge is 2.39. The quantitative estimate of drug-likeness (QED) is 0.101. The summed E-state index contributed by atoms with van der Waals surface area (Å²) in [6, 6.07) is 14.3. The van der Waals surface area contributed by atoms with E-state index < -0.39 is 11.9 Å². The number of rotatable bonds is 13. The SMILES string of the molecule is CCCn1cc(-c2nc(Nc3ccc(C(=O)NCCCCCc4cccc5c4CN(C4CCC(=O)NC4=O)C5=O)cc3)nc3[nH]ccc23)cn1. The normalized spacial score (nSPS) is 15.7. The summed E-state index contributed by atoms with van der Waals surface area (Å²) in [7, 11) is 0. The van der Waals surface area contributed by atoms with Crippen molar-refractivity contribution in [2.45, 2.75) is 71.0 Å². The fourth-order valence-electron chi connectivity index (χ4n) is 6.69. The van der Waals surface area contributed by atoms with Crippen LogP contribution in [-0.2, 0) is 29.1 Å². The Labute approximate surface area is 288 Å². The Bertz CT molecular complexity index is 2070. The van der Waals surface area contributed by atoms with Crippen molar-refractivity contribution in [1.29, 1.82) is 0 Å². The van der Waals surface area contributed by atoms with Gasteiger partial charge in [-0.1, -0.05) is 25.5 Å². The fourth-order valence-corrected chi connectivity index (χ4v) is 6.69. The lowest BCUT2D eigenvalue weighted by atomic mass is 9.98. The summed E-state index contributed by atoms with van der Waals surface area (Å²) in [5, 5.41) is 14.0. The van der Waals surface area contributed by atoms with Crippen LogP contribution in [0, 0.1) is 0 Å². The van der Waals surface area contributed by atoms with Crippen molar-refractivity contribution < 1.29 is 19.2 Å². The van der Waals surface area contributed by atoms with Crippen LogP contribution in [0.3, 0.4) is 0 Å². The molecule has 5 heterocycles. The predicted molar refractivity (Wildman–Crippen MR) is 188 cm³/mol. The number of nitrogens with one attached hydrogen (secondary N) is 4. The second-order valence-corrected chi connectivity index (χ2v) is 12.7. The van der Waals surface area contributed by atoms with Crippen molar-refractivity contribution >= 4 is 46.3 Å². The zero-order chi connectivity index (χ0) is 34.6. The first-order valence-electron chi connectivity index (χ1n) is 17.2. The second-order valence-electron chi connectivity index (χ2n) is 12.7. The maximum absolute atomic E-state index is 13.1. The molecule has 1 saturated heterocycles. The molecule has 1 fully saturated rings. The van der Waals surface area contributed by atoms with E-state index in [1.165, 1.54) is 0 Å². The lowest BCUT2D eigenvalue weighted by Crippen LogP contribution is -2.52. The van der Waals surface area contributed by atoms with Gasteiger partial charge in [0.25, 0.3) is 11.8 Å². The third-order valence-corrected chi connectivity index (χ3v) is 9.27. The van der Waals surface area contributed by atoms with Crippen LogP contribution in [0.1, 0.15) is 77.3 Å². The van der Waals surface area contributed by atoms with Crippen molar-refractivity contribution in [2.24, 2.45) is 0 Å². The molecule has 50 heavy (non-hydrogen) atoms. The molecule has 2 aromatic carbocycles. The van der Waals surface area contributed by atoms with Crippen molar-refractivity contribution in [3.8, 4) is 11.3 Å². The van der Waals surface area contributed by atoms with Gasteiger partial charge < -0.3 is 20.5 Å². The van der Waals surface area contributed by atoms with E-state index in [4.69, 9.17) is 4.98 Å². The first kappa shape index (κ1) is 32.7. The number of fused-ring (bicyclic) bond motifs is 2. The number of nitrogens with zero attached hydrogens (tertiary/aromatic N) is 5. The molecule has 2 aliphatic heterocycles. The van der Waals surface area contributed by atoms with Crippen molar-refractivity contribution in [2.75, 3.05) is 11.9 Å². The van der Waals surface area contributed by atoms with Gasteiger partial charge in [0.1, 0.15) is 11.7 Å². The summed E-state index contributed by atoms with van der Waals surface area (Å²) in [6.45, 7) is 3.88. The summed E-state index contributed by atoms with van der Waals surface area (Å²) in [6.07, 6.45) is 10.7. The molecule has 5 aromatic rings. The smallest absolute Gasteiger partial charge is 0.255 e. The highest BCUT2D eigenvalue weighted by Crippen LogP contribution is 2.31. The van der Waals surface area contributed by atoms with E-state index in [9.17, 15) is 19.2 Å². The van der Waals surface area contributed by atoms with Gasteiger partial charge in [-0.2, -0.15) is 10.1 Å². The third kappa shape index (κ3) is 6.84. The number of aryl methyl sites for hydroxylation is 2. The van der Waals surface area contributed by atoms with Gasteiger partial charge in [0, 0.05) is 66.2 Å². The van der Waals surface area contributed by atoms with E-state index in [2.05, 4.69) is 37.9 Å². The number of unbranched alkanes of at least 4 members (excludes halogenated alkanes) is 2. The number of hydrogen-bond acceptors (Lipinski definition) is 8. The summed E-state index contributed by atoms with van der Waals surface area (Å²) >= 11 is 0. The Hall–Kier alpha value is -5.85. The van der Waals surface area contributed by atoms with Crippen LogP contribution < -0.4 is 16.0 Å². The first-order chi connectivity index (χ1) is 24.4. The van der Waals surface area contributed by atoms with Gasteiger partial charge in [0.2, 0.25) is 17.8 Å². The Morgan fingerprint density at radius 3 is 2.70 bits per heavy atom. The van der Waals surface area contributed by atoms with Crippen molar-refractivity contribution in [3.63, 3.8) is 0 Å². The maximum Gasteiger partial charge on any atom is 0.255 e. The van der Waals surface area contributed by atoms with Gasteiger partial charge in [-0.15, -0.1) is 0 Å². The largest absolute Gasteiger partial charge is 0.352 e.